The lowest BCUT2D eigenvalue weighted by molar-refractivity contribution is -0.119. The molecule has 1 unspecified atom stereocenters. The average Bonchev–Trinajstić information content (AvgIpc) is 2.84. The maximum Gasteiger partial charge on any atom is 0.270 e. The van der Waals surface area contributed by atoms with Crippen LogP contribution in [0.5, 0.6) is 0 Å². The lowest BCUT2D eigenvalue weighted by Crippen LogP contribution is -2.36. The van der Waals surface area contributed by atoms with E-state index < -0.39 is 0 Å². The number of amides is 2. The van der Waals surface area contributed by atoms with Gasteiger partial charge in [-0.2, -0.15) is 0 Å². The Bertz CT molecular complexity index is 699. The van der Waals surface area contributed by atoms with Crippen molar-refractivity contribution in [2.24, 2.45) is 0 Å². The first-order valence-corrected chi connectivity index (χ1v) is 6.36. The molecular weight excluding hydrogens is 256 g/mol. The minimum atomic E-state index is -0.316. The van der Waals surface area contributed by atoms with Crippen molar-refractivity contribution in [1.29, 1.82) is 0 Å². The Kier molecular flexibility index (Phi) is 2.98. The standard InChI is InChI=1S/C14H14N4O2/c15-10-6-12(18-11-4-2-1-3-9(10)11)14(20)17-8-5-13(19)16-7-8/h1-4,6,8H,5,7H2,(H2,15,18)(H,16,19)(H,17,20). The van der Waals surface area contributed by atoms with Gasteiger partial charge in [0.05, 0.1) is 11.6 Å². The Hall–Kier alpha value is -2.63. The highest BCUT2D eigenvalue weighted by atomic mass is 16.2. The molecule has 1 aliphatic heterocycles. The van der Waals surface area contributed by atoms with Crippen molar-refractivity contribution < 1.29 is 9.59 Å². The zero-order valence-corrected chi connectivity index (χ0v) is 10.7. The van der Waals surface area contributed by atoms with Gasteiger partial charge in [-0.3, -0.25) is 9.59 Å². The van der Waals surface area contributed by atoms with E-state index in [-0.39, 0.29) is 23.6 Å². The van der Waals surface area contributed by atoms with E-state index in [0.717, 1.165) is 5.39 Å². The largest absolute Gasteiger partial charge is 0.398 e. The van der Waals surface area contributed by atoms with Crippen LogP contribution in [0, 0.1) is 0 Å². The van der Waals surface area contributed by atoms with Crippen molar-refractivity contribution in [3.63, 3.8) is 0 Å². The van der Waals surface area contributed by atoms with Gasteiger partial charge in [0.1, 0.15) is 5.69 Å². The predicted molar refractivity (Wildman–Crippen MR) is 75.0 cm³/mol. The molecule has 1 saturated heterocycles. The van der Waals surface area contributed by atoms with E-state index in [4.69, 9.17) is 5.73 Å². The number of nitrogens with zero attached hydrogens (tertiary/aromatic N) is 1. The van der Waals surface area contributed by atoms with Crippen molar-refractivity contribution >= 4 is 28.4 Å². The molecule has 1 atom stereocenters. The number of carbonyl (C=O) groups excluding carboxylic acids is 2. The summed E-state index contributed by atoms with van der Waals surface area (Å²) in [6.45, 7) is 0.452. The van der Waals surface area contributed by atoms with Crippen LogP contribution in [-0.2, 0) is 4.79 Å². The molecule has 0 aliphatic carbocycles. The van der Waals surface area contributed by atoms with Crippen molar-refractivity contribution in [3.8, 4) is 0 Å². The molecule has 3 rings (SSSR count). The minimum Gasteiger partial charge on any atom is -0.398 e. The summed E-state index contributed by atoms with van der Waals surface area (Å²) in [6.07, 6.45) is 0.300. The Morgan fingerprint density at radius 2 is 2.20 bits per heavy atom. The third-order valence-electron chi connectivity index (χ3n) is 3.29. The predicted octanol–water partition coefficient (Wildman–Crippen LogP) is 0.435. The Labute approximate surface area is 115 Å². The lowest BCUT2D eigenvalue weighted by atomic mass is 10.1. The molecule has 2 heterocycles. The van der Waals surface area contributed by atoms with Gasteiger partial charge in [-0.05, 0) is 12.1 Å². The summed E-state index contributed by atoms with van der Waals surface area (Å²) >= 11 is 0. The fraction of sp³-hybridized carbons (Fsp3) is 0.214. The van der Waals surface area contributed by atoms with E-state index in [1.54, 1.807) is 6.07 Å². The fourth-order valence-corrected chi connectivity index (χ4v) is 2.29. The van der Waals surface area contributed by atoms with E-state index >= 15 is 0 Å². The minimum absolute atomic E-state index is 0.0544. The van der Waals surface area contributed by atoms with Gasteiger partial charge in [-0.25, -0.2) is 4.98 Å². The first kappa shape index (κ1) is 12.4. The average molecular weight is 270 g/mol. The Balaban J connectivity index is 1.86. The molecule has 1 aromatic heterocycles. The van der Waals surface area contributed by atoms with Crippen LogP contribution in [0.3, 0.4) is 0 Å². The van der Waals surface area contributed by atoms with Gasteiger partial charge >= 0.3 is 0 Å². The topological polar surface area (TPSA) is 97.1 Å². The maximum absolute atomic E-state index is 12.1. The molecule has 0 spiro atoms. The number of carbonyl (C=O) groups is 2. The first-order valence-electron chi connectivity index (χ1n) is 6.36. The zero-order chi connectivity index (χ0) is 14.1. The zero-order valence-electron chi connectivity index (χ0n) is 10.7. The molecule has 0 bridgehead atoms. The van der Waals surface area contributed by atoms with Crippen LogP contribution in [0.2, 0.25) is 0 Å². The molecule has 4 N–H and O–H groups in total. The molecule has 2 aromatic rings. The molecule has 0 radical (unpaired) electrons. The third-order valence-corrected chi connectivity index (χ3v) is 3.29. The van der Waals surface area contributed by atoms with Gasteiger partial charge in [-0.1, -0.05) is 18.2 Å². The summed E-state index contributed by atoms with van der Waals surface area (Å²) in [5.41, 5.74) is 7.40. The van der Waals surface area contributed by atoms with Gasteiger partial charge in [0, 0.05) is 24.0 Å². The molecule has 20 heavy (non-hydrogen) atoms. The van der Waals surface area contributed by atoms with Gasteiger partial charge in [-0.15, -0.1) is 0 Å². The number of fused-ring (bicyclic) bond motifs is 1. The van der Waals surface area contributed by atoms with Crippen LogP contribution < -0.4 is 16.4 Å². The van der Waals surface area contributed by atoms with Crippen LogP contribution in [0.4, 0.5) is 5.69 Å². The number of nitrogens with two attached hydrogens (primary N) is 1. The van der Waals surface area contributed by atoms with Crippen molar-refractivity contribution in [2.45, 2.75) is 12.5 Å². The van der Waals surface area contributed by atoms with E-state index in [2.05, 4.69) is 15.6 Å². The quantitative estimate of drug-likeness (QED) is 0.737. The summed E-state index contributed by atoms with van der Waals surface area (Å²) in [5.74, 6) is -0.370. The van der Waals surface area contributed by atoms with Gasteiger partial charge in [0.15, 0.2) is 0 Å². The van der Waals surface area contributed by atoms with E-state index in [0.29, 0.717) is 24.2 Å². The van der Waals surface area contributed by atoms with Crippen molar-refractivity contribution in [3.05, 3.63) is 36.0 Å². The van der Waals surface area contributed by atoms with Gasteiger partial charge < -0.3 is 16.4 Å². The molecule has 1 aliphatic rings. The monoisotopic (exact) mass is 270 g/mol. The Morgan fingerprint density at radius 1 is 1.40 bits per heavy atom. The SMILES string of the molecule is Nc1cc(C(=O)NC2CNC(=O)C2)nc2ccccc12. The van der Waals surface area contributed by atoms with Gasteiger partial charge in [0.25, 0.3) is 5.91 Å². The summed E-state index contributed by atoms with van der Waals surface area (Å²) in [4.78, 5) is 27.5. The van der Waals surface area contributed by atoms with Crippen LogP contribution in [0.25, 0.3) is 10.9 Å². The Morgan fingerprint density at radius 3 is 2.95 bits per heavy atom. The molecule has 0 saturated carbocycles. The van der Waals surface area contributed by atoms with Crippen LogP contribution in [0.15, 0.2) is 30.3 Å². The number of rotatable bonds is 2. The molecule has 2 amide bonds. The van der Waals surface area contributed by atoms with E-state index in [1.165, 1.54) is 0 Å². The highest BCUT2D eigenvalue weighted by Crippen LogP contribution is 2.20. The van der Waals surface area contributed by atoms with Gasteiger partial charge in [0.2, 0.25) is 5.91 Å². The molecule has 1 aromatic carbocycles. The number of pyridine rings is 1. The number of nitrogen functional groups attached to an aromatic ring is 1. The number of hydrogen-bond acceptors (Lipinski definition) is 4. The number of hydrogen-bond donors (Lipinski definition) is 3. The third kappa shape index (κ3) is 2.27. The normalized spacial score (nSPS) is 18.0. The number of nitrogens with one attached hydrogen (secondary N) is 2. The van der Waals surface area contributed by atoms with Crippen LogP contribution in [-0.4, -0.2) is 29.4 Å². The summed E-state index contributed by atoms with van der Waals surface area (Å²) in [6, 6.07) is 8.75. The highest BCUT2D eigenvalue weighted by molar-refractivity contribution is 5.99. The van der Waals surface area contributed by atoms with Crippen LogP contribution in [0.1, 0.15) is 16.9 Å². The van der Waals surface area contributed by atoms with E-state index in [9.17, 15) is 9.59 Å². The molecule has 6 heteroatoms. The fourth-order valence-electron chi connectivity index (χ4n) is 2.29. The highest BCUT2D eigenvalue weighted by Gasteiger charge is 2.24. The smallest absolute Gasteiger partial charge is 0.270 e. The number of anilines is 1. The number of benzene rings is 1. The van der Waals surface area contributed by atoms with E-state index in [1.807, 2.05) is 24.3 Å². The summed E-state index contributed by atoms with van der Waals surface area (Å²) in [5, 5.41) is 6.27. The van der Waals surface area contributed by atoms with Crippen molar-refractivity contribution in [2.75, 3.05) is 12.3 Å². The second-order valence-electron chi connectivity index (χ2n) is 4.79. The number of aromatic nitrogens is 1. The second kappa shape index (κ2) is 4.80. The summed E-state index contributed by atoms with van der Waals surface area (Å²) in [7, 11) is 0. The first-order chi connectivity index (χ1) is 9.63. The molecule has 6 nitrogen and oxygen atoms in total. The number of para-hydroxylation sites is 1. The van der Waals surface area contributed by atoms with Crippen LogP contribution >= 0.6 is 0 Å². The molecular formula is C14H14N4O2. The lowest BCUT2D eigenvalue weighted by Gasteiger charge is -2.11. The maximum atomic E-state index is 12.1. The van der Waals surface area contributed by atoms with Crippen molar-refractivity contribution in [1.82, 2.24) is 15.6 Å². The summed E-state index contributed by atoms with van der Waals surface area (Å²) < 4.78 is 0. The molecule has 102 valence electrons. The second-order valence-corrected chi connectivity index (χ2v) is 4.79. The molecule has 1 fully saturated rings.